The molecule has 0 saturated carbocycles. The lowest BCUT2D eigenvalue weighted by Crippen LogP contribution is -2.48. The molecule has 2 N–H and O–H groups in total. The molecule has 2 aromatic rings. The number of amides is 2. The van der Waals surface area contributed by atoms with E-state index in [0.717, 1.165) is 18.4 Å². The number of hydrogen-bond donors (Lipinski definition) is 2. The number of rotatable bonds is 6. The average Bonchev–Trinajstić information content (AvgIpc) is 2.77. The summed E-state index contributed by atoms with van der Waals surface area (Å²) in [5.41, 5.74) is 1.27. The van der Waals surface area contributed by atoms with Crippen LogP contribution < -0.4 is 15.4 Å². The highest BCUT2D eigenvalue weighted by molar-refractivity contribution is 5.98. The maximum atomic E-state index is 13.2. The molecule has 6 nitrogen and oxygen atoms in total. The SMILES string of the molecule is CNC1CCN(C(=O)C(NC(=O)c2ccc(OC)cc2)c2ccccc2)CC1.Cl. The quantitative estimate of drug-likeness (QED) is 0.758. The van der Waals surface area contributed by atoms with Gasteiger partial charge in [-0.3, -0.25) is 9.59 Å². The fourth-order valence-corrected chi connectivity index (χ4v) is 3.46. The Kier molecular flexibility index (Phi) is 8.49. The van der Waals surface area contributed by atoms with Gasteiger partial charge in [0.1, 0.15) is 11.8 Å². The van der Waals surface area contributed by atoms with Gasteiger partial charge in [-0.1, -0.05) is 30.3 Å². The number of carbonyl (C=O) groups excluding carboxylic acids is 2. The molecule has 1 heterocycles. The highest BCUT2D eigenvalue weighted by Crippen LogP contribution is 2.20. The number of nitrogens with zero attached hydrogens (tertiary/aromatic N) is 1. The third-order valence-corrected chi connectivity index (χ3v) is 5.22. The minimum atomic E-state index is -0.707. The summed E-state index contributed by atoms with van der Waals surface area (Å²) in [4.78, 5) is 27.9. The predicted octanol–water partition coefficient (Wildman–Crippen LogP) is 2.80. The molecule has 2 aromatic carbocycles. The normalized spacial score (nSPS) is 15.2. The summed E-state index contributed by atoms with van der Waals surface area (Å²) >= 11 is 0. The Labute approximate surface area is 178 Å². The van der Waals surface area contributed by atoms with Gasteiger partial charge in [0.25, 0.3) is 5.91 Å². The zero-order chi connectivity index (χ0) is 19.9. The summed E-state index contributed by atoms with van der Waals surface area (Å²) in [6.45, 7) is 1.37. The molecule has 1 aliphatic heterocycles. The van der Waals surface area contributed by atoms with Gasteiger partial charge in [-0.15, -0.1) is 12.4 Å². The van der Waals surface area contributed by atoms with Crippen molar-refractivity contribution in [3.63, 3.8) is 0 Å². The second-order valence-corrected chi connectivity index (χ2v) is 6.93. The monoisotopic (exact) mass is 417 g/mol. The highest BCUT2D eigenvalue weighted by Gasteiger charge is 2.30. The maximum absolute atomic E-state index is 13.2. The van der Waals surface area contributed by atoms with E-state index in [0.29, 0.717) is 30.4 Å². The molecule has 0 aromatic heterocycles. The number of nitrogens with one attached hydrogen (secondary N) is 2. The fraction of sp³-hybridized carbons (Fsp3) is 0.364. The molecule has 0 spiro atoms. The Balaban J connectivity index is 0.00000300. The first-order valence-corrected chi connectivity index (χ1v) is 9.58. The third kappa shape index (κ3) is 5.71. The van der Waals surface area contributed by atoms with Crippen molar-refractivity contribution in [2.45, 2.75) is 24.9 Å². The fourth-order valence-electron chi connectivity index (χ4n) is 3.46. The van der Waals surface area contributed by atoms with E-state index in [1.807, 2.05) is 42.3 Å². The zero-order valence-electron chi connectivity index (χ0n) is 16.8. The van der Waals surface area contributed by atoms with Gasteiger partial charge >= 0.3 is 0 Å². The second kappa shape index (κ2) is 10.8. The van der Waals surface area contributed by atoms with Crippen molar-refractivity contribution < 1.29 is 14.3 Å². The molecule has 0 aliphatic carbocycles. The number of hydrogen-bond acceptors (Lipinski definition) is 4. The predicted molar refractivity (Wildman–Crippen MR) is 116 cm³/mol. The van der Waals surface area contributed by atoms with Crippen LogP contribution in [0, 0.1) is 0 Å². The van der Waals surface area contributed by atoms with E-state index < -0.39 is 6.04 Å². The van der Waals surface area contributed by atoms with Crippen LogP contribution in [0.4, 0.5) is 0 Å². The van der Waals surface area contributed by atoms with E-state index in [4.69, 9.17) is 4.74 Å². The molecule has 2 amide bonds. The van der Waals surface area contributed by atoms with Gasteiger partial charge in [-0.05, 0) is 49.7 Å². The Bertz CT molecular complexity index is 791. The van der Waals surface area contributed by atoms with Crippen LogP contribution in [0.1, 0.15) is 34.8 Å². The second-order valence-electron chi connectivity index (χ2n) is 6.93. The summed E-state index contributed by atoms with van der Waals surface area (Å²) in [5.74, 6) is 0.331. The Morgan fingerprint density at radius 3 is 2.21 bits per heavy atom. The van der Waals surface area contributed by atoms with Crippen molar-refractivity contribution in [3.8, 4) is 5.75 Å². The van der Waals surface area contributed by atoms with E-state index in [1.165, 1.54) is 0 Å². The number of halogens is 1. The van der Waals surface area contributed by atoms with Crippen LogP contribution in [0.5, 0.6) is 5.75 Å². The molecule has 1 unspecified atom stereocenters. The first-order chi connectivity index (χ1) is 13.6. The van der Waals surface area contributed by atoms with Crippen LogP contribution >= 0.6 is 12.4 Å². The first-order valence-electron chi connectivity index (χ1n) is 9.58. The van der Waals surface area contributed by atoms with E-state index in [2.05, 4.69) is 10.6 Å². The standard InChI is InChI=1S/C22H27N3O3.ClH/c1-23-18-12-14-25(15-13-18)22(27)20(16-6-4-3-5-7-16)24-21(26)17-8-10-19(28-2)11-9-17;/h3-11,18,20,23H,12-15H2,1-2H3,(H,24,26);1H. The molecule has 1 fully saturated rings. The van der Waals surface area contributed by atoms with Crippen molar-refractivity contribution in [1.29, 1.82) is 0 Å². The van der Waals surface area contributed by atoms with Crippen molar-refractivity contribution >= 4 is 24.2 Å². The molecule has 0 radical (unpaired) electrons. The summed E-state index contributed by atoms with van der Waals surface area (Å²) in [7, 11) is 3.53. The summed E-state index contributed by atoms with van der Waals surface area (Å²) in [6.07, 6.45) is 1.83. The van der Waals surface area contributed by atoms with Gasteiger partial charge in [0.05, 0.1) is 7.11 Å². The van der Waals surface area contributed by atoms with Crippen LogP contribution in [-0.4, -0.2) is 50.0 Å². The van der Waals surface area contributed by atoms with Crippen LogP contribution in [0.3, 0.4) is 0 Å². The number of piperidine rings is 1. The lowest BCUT2D eigenvalue weighted by atomic mass is 10.0. The van der Waals surface area contributed by atoms with Crippen molar-refractivity contribution in [3.05, 3.63) is 65.7 Å². The highest BCUT2D eigenvalue weighted by atomic mass is 35.5. The van der Waals surface area contributed by atoms with Gasteiger partial charge in [-0.25, -0.2) is 0 Å². The number of likely N-dealkylation sites (tertiary alicyclic amines) is 1. The maximum Gasteiger partial charge on any atom is 0.252 e. The van der Waals surface area contributed by atoms with Gasteiger partial charge in [-0.2, -0.15) is 0 Å². The largest absolute Gasteiger partial charge is 0.497 e. The van der Waals surface area contributed by atoms with Crippen LogP contribution in [0.15, 0.2) is 54.6 Å². The molecule has 0 bridgehead atoms. The van der Waals surface area contributed by atoms with Crippen LogP contribution in [0.25, 0.3) is 0 Å². The van der Waals surface area contributed by atoms with Gasteiger partial charge < -0.3 is 20.3 Å². The molecular weight excluding hydrogens is 390 g/mol. The molecule has 29 heavy (non-hydrogen) atoms. The Morgan fingerprint density at radius 2 is 1.66 bits per heavy atom. The summed E-state index contributed by atoms with van der Waals surface area (Å²) in [6, 6.07) is 16.0. The molecule has 1 aliphatic rings. The van der Waals surface area contributed by atoms with Crippen molar-refractivity contribution in [2.24, 2.45) is 0 Å². The van der Waals surface area contributed by atoms with Crippen molar-refractivity contribution in [1.82, 2.24) is 15.5 Å². The van der Waals surface area contributed by atoms with Gasteiger partial charge in [0.2, 0.25) is 5.91 Å². The van der Waals surface area contributed by atoms with E-state index >= 15 is 0 Å². The number of methoxy groups -OCH3 is 1. The Morgan fingerprint density at radius 1 is 1.03 bits per heavy atom. The number of benzene rings is 2. The van der Waals surface area contributed by atoms with E-state index in [-0.39, 0.29) is 24.2 Å². The lowest BCUT2D eigenvalue weighted by molar-refractivity contribution is -0.134. The molecule has 7 heteroatoms. The molecule has 156 valence electrons. The summed E-state index contributed by atoms with van der Waals surface area (Å²) in [5, 5.41) is 6.19. The van der Waals surface area contributed by atoms with Gasteiger partial charge in [0.15, 0.2) is 0 Å². The van der Waals surface area contributed by atoms with Crippen LogP contribution in [0.2, 0.25) is 0 Å². The summed E-state index contributed by atoms with van der Waals surface area (Å²) < 4.78 is 5.14. The molecular formula is C22H28ClN3O3. The number of ether oxygens (including phenoxy) is 1. The third-order valence-electron chi connectivity index (χ3n) is 5.22. The van der Waals surface area contributed by atoms with E-state index in [1.54, 1.807) is 31.4 Å². The van der Waals surface area contributed by atoms with Crippen LogP contribution in [-0.2, 0) is 4.79 Å². The van der Waals surface area contributed by atoms with Crippen molar-refractivity contribution in [2.75, 3.05) is 27.2 Å². The molecule has 3 rings (SSSR count). The lowest BCUT2D eigenvalue weighted by Gasteiger charge is -2.34. The molecule has 1 saturated heterocycles. The minimum Gasteiger partial charge on any atom is -0.497 e. The number of carbonyl (C=O) groups is 2. The molecule has 1 atom stereocenters. The smallest absolute Gasteiger partial charge is 0.252 e. The first kappa shape index (κ1) is 22.7. The zero-order valence-corrected chi connectivity index (χ0v) is 17.6. The van der Waals surface area contributed by atoms with E-state index in [9.17, 15) is 9.59 Å². The van der Waals surface area contributed by atoms with Gasteiger partial charge in [0, 0.05) is 24.7 Å². The average molecular weight is 418 g/mol. The Hall–Kier alpha value is -2.57. The minimum absolute atomic E-state index is 0. The topological polar surface area (TPSA) is 70.7 Å².